The van der Waals surface area contributed by atoms with Gasteiger partial charge >= 0.3 is 0 Å². The number of nitrogens with one attached hydrogen (secondary N) is 3. The average Bonchev–Trinajstić information content (AvgIpc) is 3.41. The van der Waals surface area contributed by atoms with Crippen LogP contribution >= 0.6 is 0 Å². The molecule has 3 N–H and O–H groups in total. The van der Waals surface area contributed by atoms with E-state index in [9.17, 15) is 4.79 Å². The maximum atomic E-state index is 12.7. The highest BCUT2D eigenvalue weighted by Crippen LogP contribution is 2.29. The number of hydrogen-bond acceptors (Lipinski definition) is 6. The average molecular weight is 500 g/mol. The van der Waals surface area contributed by atoms with Crippen LogP contribution in [0.3, 0.4) is 0 Å². The number of likely N-dealkylation sites (N-methyl/N-ethyl adjacent to an activating group) is 1. The highest BCUT2D eigenvalue weighted by atomic mass is 16.2. The molecule has 4 aromatic carbocycles. The number of amides is 1. The summed E-state index contributed by atoms with van der Waals surface area (Å²) in [6.07, 6.45) is 1.79. The number of para-hydroxylation sites is 2. The monoisotopic (exact) mass is 499 g/mol. The van der Waals surface area contributed by atoms with Crippen LogP contribution in [-0.4, -0.2) is 39.7 Å². The van der Waals surface area contributed by atoms with Crippen molar-refractivity contribution in [2.45, 2.75) is 0 Å². The molecule has 0 radical (unpaired) electrons. The zero-order valence-electron chi connectivity index (χ0n) is 20.7. The Morgan fingerprint density at radius 3 is 2.61 bits per heavy atom. The fourth-order valence-corrected chi connectivity index (χ4v) is 4.38. The van der Waals surface area contributed by atoms with Crippen LogP contribution in [0.5, 0.6) is 0 Å². The molecule has 2 aromatic heterocycles. The van der Waals surface area contributed by atoms with Crippen molar-refractivity contribution in [3.05, 3.63) is 103 Å². The number of nitrogens with zero attached hydrogens (tertiary/aromatic N) is 4. The molecule has 2 heterocycles. The fraction of sp³-hybridized carbons (Fsp3) is 0.0667. The highest BCUT2D eigenvalue weighted by Gasteiger charge is 2.12. The van der Waals surface area contributed by atoms with Crippen LogP contribution in [0.4, 0.5) is 22.9 Å². The number of benzene rings is 4. The molecule has 186 valence electrons. The van der Waals surface area contributed by atoms with Gasteiger partial charge in [-0.15, -0.1) is 0 Å². The molecule has 0 aliphatic heterocycles. The van der Waals surface area contributed by atoms with Gasteiger partial charge in [-0.3, -0.25) is 9.89 Å². The Bertz CT molecular complexity index is 1750. The van der Waals surface area contributed by atoms with Crippen molar-refractivity contribution >= 4 is 50.6 Å². The second-order valence-electron chi connectivity index (χ2n) is 9.03. The van der Waals surface area contributed by atoms with E-state index in [2.05, 4.69) is 20.8 Å². The quantitative estimate of drug-likeness (QED) is 0.250. The lowest BCUT2D eigenvalue weighted by Gasteiger charge is -2.18. The number of carbonyl (C=O) groups excluding carboxylic acids is 1. The van der Waals surface area contributed by atoms with E-state index in [0.29, 0.717) is 17.3 Å². The molecule has 6 aromatic rings. The van der Waals surface area contributed by atoms with E-state index in [1.54, 1.807) is 6.20 Å². The van der Waals surface area contributed by atoms with Gasteiger partial charge in [-0.2, -0.15) is 5.10 Å². The van der Waals surface area contributed by atoms with Crippen molar-refractivity contribution in [3.8, 4) is 11.4 Å². The van der Waals surface area contributed by atoms with Gasteiger partial charge in [-0.25, -0.2) is 9.97 Å². The number of aromatic amines is 1. The van der Waals surface area contributed by atoms with Gasteiger partial charge in [-0.05, 0) is 54.6 Å². The number of aromatic nitrogens is 4. The zero-order valence-corrected chi connectivity index (χ0v) is 20.7. The molecule has 38 heavy (non-hydrogen) atoms. The first kappa shape index (κ1) is 23.2. The molecule has 8 heteroatoms. The molecule has 0 saturated heterocycles. The maximum Gasteiger partial charge on any atom is 0.243 e. The SMILES string of the molecule is CN(CC(=O)Nc1cccc(-c2nc(Nc3ccc4[nH]ncc4c3)c3ccccc3n2)c1)c1ccccc1. The molecule has 0 saturated carbocycles. The molecule has 8 nitrogen and oxygen atoms in total. The van der Waals surface area contributed by atoms with Gasteiger partial charge in [0.05, 0.1) is 23.8 Å². The topological polar surface area (TPSA) is 98.8 Å². The first-order chi connectivity index (χ1) is 18.6. The summed E-state index contributed by atoms with van der Waals surface area (Å²) in [6, 6.07) is 31.3. The number of anilines is 4. The van der Waals surface area contributed by atoms with Crippen molar-refractivity contribution < 1.29 is 4.79 Å². The Balaban J connectivity index is 1.27. The Hall–Kier alpha value is -5.24. The molecule has 0 spiro atoms. The minimum absolute atomic E-state index is 0.107. The van der Waals surface area contributed by atoms with E-state index in [1.807, 2.05) is 109 Å². The van der Waals surface area contributed by atoms with Crippen LogP contribution in [-0.2, 0) is 4.79 Å². The van der Waals surface area contributed by atoms with Crippen LogP contribution in [0, 0.1) is 0 Å². The Morgan fingerprint density at radius 1 is 0.868 bits per heavy atom. The van der Waals surface area contributed by atoms with Crippen molar-refractivity contribution in [2.75, 3.05) is 29.1 Å². The summed E-state index contributed by atoms with van der Waals surface area (Å²) in [5, 5.41) is 15.5. The molecular formula is C30H25N7O. The smallest absolute Gasteiger partial charge is 0.243 e. The van der Waals surface area contributed by atoms with Crippen LogP contribution in [0.1, 0.15) is 0 Å². The van der Waals surface area contributed by atoms with Gasteiger partial charge < -0.3 is 15.5 Å². The van der Waals surface area contributed by atoms with Gasteiger partial charge in [0.2, 0.25) is 5.91 Å². The van der Waals surface area contributed by atoms with E-state index in [0.717, 1.165) is 38.7 Å². The van der Waals surface area contributed by atoms with Gasteiger partial charge in [0.25, 0.3) is 0 Å². The Kier molecular flexibility index (Phi) is 6.11. The number of H-pyrrole nitrogens is 1. The van der Waals surface area contributed by atoms with Gasteiger partial charge in [0, 0.05) is 40.4 Å². The van der Waals surface area contributed by atoms with E-state index in [-0.39, 0.29) is 12.5 Å². The fourth-order valence-electron chi connectivity index (χ4n) is 4.38. The summed E-state index contributed by atoms with van der Waals surface area (Å²) >= 11 is 0. The van der Waals surface area contributed by atoms with E-state index >= 15 is 0 Å². The molecule has 0 bridgehead atoms. The summed E-state index contributed by atoms with van der Waals surface area (Å²) < 4.78 is 0. The summed E-state index contributed by atoms with van der Waals surface area (Å²) in [7, 11) is 1.90. The number of hydrogen-bond donors (Lipinski definition) is 3. The molecule has 0 aliphatic carbocycles. The van der Waals surface area contributed by atoms with Crippen molar-refractivity contribution in [1.82, 2.24) is 20.2 Å². The van der Waals surface area contributed by atoms with Gasteiger partial charge in [0.1, 0.15) is 5.82 Å². The first-order valence-corrected chi connectivity index (χ1v) is 12.3. The van der Waals surface area contributed by atoms with E-state index in [1.165, 1.54) is 0 Å². The van der Waals surface area contributed by atoms with Crippen LogP contribution in [0.2, 0.25) is 0 Å². The summed E-state index contributed by atoms with van der Waals surface area (Å²) in [4.78, 5) is 24.3. The number of rotatable bonds is 7. The standard InChI is InChI=1S/C30H25N7O/c1-37(24-10-3-2-4-11-24)19-28(38)32-22-9-7-8-20(16-22)29-34-27-13-6-5-12-25(27)30(35-29)33-23-14-15-26-21(17-23)18-31-36-26/h2-18H,19H2,1H3,(H,31,36)(H,32,38)(H,33,34,35). The lowest BCUT2D eigenvalue weighted by Crippen LogP contribution is -2.29. The number of fused-ring (bicyclic) bond motifs is 2. The normalized spacial score (nSPS) is 11.0. The van der Waals surface area contributed by atoms with E-state index in [4.69, 9.17) is 9.97 Å². The Labute approximate surface area is 219 Å². The summed E-state index contributed by atoms with van der Waals surface area (Å²) in [5.41, 5.74) is 5.16. The second-order valence-corrected chi connectivity index (χ2v) is 9.03. The van der Waals surface area contributed by atoms with Crippen molar-refractivity contribution in [3.63, 3.8) is 0 Å². The summed E-state index contributed by atoms with van der Waals surface area (Å²) in [5.74, 6) is 1.16. The van der Waals surface area contributed by atoms with Crippen molar-refractivity contribution in [2.24, 2.45) is 0 Å². The largest absolute Gasteiger partial charge is 0.365 e. The molecule has 0 aliphatic rings. The lowest BCUT2D eigenvalue weighted by molar-refractivity contribution is -0.114. The van der Waals surface area contributed by atoms with Crippen LogP contribution < -0.4 is 15.5 Å². The maximum absolute atomic E-state index is 12.7. The lowest BCUT2D eigenvalue weighted by atomic mass is 10.1. The second kappa shape index (κ2) is 10.0. The van der Waals surface area contributed by atoms with Crippen molar-refractivity contribution in [1.29, 1.82) is 0 Å². The predicted octanol–water partition coefficient (Wildman–Crippen LogP) is 5.99. The third-order valence-electron chi connectivity index (χ3n) is 6.29. The third-order valence-corrected chi connectivity index (χ3v) is 6.29. The zero-order chi connectivity index (χ0) is 25.9. The summed E-state index contributed by atoms with van der Waals surface area (Å²) in [6.45, 7) is 0.232. The first-order valence-electron chi connectivity index (χ1n) is 12.3. The molecular weight excluding hydrogens is 474 g/mol. The third kappa shape index (κ3) is 4.87. The number of carbonyl (C=O) groups is 1. The molecule has 0 fully saturated rings. The van der Waals surface area contributed by atoms with Gasteiger partial charge in [-0.1, -0.05) is 42.5 Å². The van der Waals surface area contributed by atoms with E-state index < -0.39 is 0 Å². The molecule has 0 atom stereocenters. The Morgan fingerprint density at radius 2 is 1.71 bits per heavy atom. The molecule has 1 amide bonds. The predicted molar refractivity (Wildman–Crippen MR) is 153 cm³/mol. The highest BCUT2D eigenvalue weighted by molar-refractivity contribution is 5.95. The van der Waals surface area contributed by atoms with Crippen LogP contribution in [0.25, 0.3) is 33.2 Å². The minimum Gasteiger partial charge on any atom is -0.365 e. The molecule has 0 unspecified atom stereocenters. The molecule has 6 rings (SSSR count). The minimum atomic E-state index is -0.107. The van der Waals surface area contributed by atoms with Crippen LogP contribution in [0.15, 0.2) is 103 Å². The van der Waals surface area contributed by atoms with Gasteiger partial charge in [0.15, 0.2) is 5.82 Å².